The molecule has 0 spiro atoms. The fourth-order valence-electron chi connectivity index (χ4n) is 4.55. The quantitative estimate of drug-likeness (QED) is 0.493. The lowest BCUT2D eigenvalue weighted by Crippen LogP contribution is -2.48. The molecule has 4 heteroatoms. The van der Waals surface area contributed by atoms with E-state index < -0.39 is 5.60 Å². The van der Waals surface area contributed by atoms with E-state index in [0.29, 0.717) is 18.1 Å². The normalized spacial score (nSPS) is 23.4. The van der Waals surface area contributed by atoms with Crippen molar-refractivity contribution in [2.24, 2.45) is 11.3 Å². The molecule has 0 unspecified atom stereocenters. The lowest BCUT2D eigenvalue weighted by molar-refractivity contribution is -0.0666. The van der Waals surface area contributed by atoms with E-state index >= 15 is 0 Å². The van der Waals surface area contributed by atoms with Crippen LogP contribution >= 0.6 is 15.9 Å². The van der Waals surface area contributed by atoms with Gasteiger partial charge in [0.25, 0.3) is 0 Å². The molecule has 1 aliphatic carbocycles. The molecule has 3 rings (SSSR count). The van der Waals surface area contributed by atoms with Crippen molar-refractivity contribution in [1.29, 1.82) is 0 Å². The maximum Gasteiger partial charge on any atom is 0.175 e. The van der Waals surface area contributed by atoms with Crippen LogP contribution < -0.4 is 9.47 Å². The highest BCUT2D eigenvalue weighted by molar-refractivity contribution is 9.10. The number of hydrogen-bond donors (Lipinski definition) is 1. The van der Waals surface area contributed by atoms with E-state index in [4.69, 9.17) is 9.47 Å². The Morgan fingerprint density at radius 2 is 1.90 bits per heavy atom. The third-order valence-corrected chi connectivity index (χ3v) is 7.17. The fraction of sp³-hybridized carbons (Fsp3) is 0.440. The van der Waals surface area contributed by atoms with E-state index in [1.54, 1.807) is 13.2 Å². The van der Waals surface area contributed by atoms with E-state index in [0.717, 1.165) is 41.3 Å². The van der Waals surface area contributed by atoms with E-state index in [1.807, 2.05) is 36.4 Å². The number of halogens is 1. The number of hydrogen-bond acceptors (Lipinski definition) is 3. The maximum absolute atomic E-state index is 11.2. The molecule has 1 fully saturated rings. The van der Waals surface area contributed by atoms with Gasteiger partial charge in [0.1, 0.15) is 6.61 Å². The van der Waals surface area contributed by atoms with Crippen LogP contribution in [0.5, 0.6) is 11.5 Å². The van der Waals surface area contributed by atoms with E-state index in [1.165, 1.54) is 0 Å². The zero-order chi connectivity index (χ0) is 21.1. The van der Waals surface area contributed by atoms with Crippen LogP contribution in [0, 0.1) is 11.3 Å². The Morgan fingerprint density at radius 3 is 2.55 bits per heavy atom. The molecule has 0 aliphatic heterocycles. The van der Waals surface area contributed by atoms with Gasteiger partial charge in [-0.05, 0) is 64.2 Å². The standard InChI is InChI=1S/C25H31BrO3/c1-5-25(27)15-9-14-24(2,3)21(25)16-19-12-13-20(23(28-4)22(19)26)29-17-18-10-7-6-8-11-18/h5-8,10-13,21,27H,1,9,14-17H2,2-4H3/t21-,25+/m0/s1. The molecule has 3 nitrogen and oxygen atoms in total. The monoisotopic (exact) mass is 458 g/mol. The van der Waals surface area contributed by atoms with Gasteiger partial charge in [-0.15, -0.1) is 6.58 Å². The fourth-order valence-corrected chi connectivity index (χ4v) is 5.20. The van der Waals surface area contributed by atoms with E-state index in [-0.39, 0.29) is 11.3 Å². The van der Waals surface area contributed by atoms with Crippen molar-refractivity contribution in [3.05, 3.63) is 70.7 Å². The molecule has 2 aromatic carbocycles. The number of ether oxygens (including phenoxy) is 2. The smallest absolute Gasteiger partial charge is 0.175 e. The van der Waals surface area contributed by atoms with E-state index in [9.17, 15) is 5.11 Å². The van der Waals surface area contributed by atoms with Gasteiger partial charge in [-0.25, -0.2) is 0 Å². The summed E-state index contributed by atoms with van der Waals surface area (Å²) in [5.41, 5.74) is 1.39. The summed E-state index contributed by atoms with van der Waals surface area (Å²) in [6.45, 7) is 8.90. The molecular weight excluding hydrogens is 428 g/mol. The first-order valence-electron chi connectivity index (χ1n) is 10.2. The van der Waals surface area contributed by atoms with Crippen LogP contribution in [-0.2, 0) is 13.0 Å². The molecule has 1 aliphatic rings. The van der Waals surface area contributed by atoms with Crippen LogP contribution in [0.1, 0.15) is 44.2 Å². The van der Waals surface area contributed by atoms with Crippen LogP contribution in [0.4, 0.5) is 0 Å². The second kappa shape index (κ2) is 8.93. The summed E-state index contributed by atoms with van der Waals surface area (Å²) in [5.74, 6) is 1.47. The highest BCUT2D eigenvalue weighted by Gasteiger charge is 2.46. The summed E-state index contributed by atoms with van der Waals surface area (Å²) in [6, 6.07) is 14.1. The Kier molecular flexibility index (Phi) is 6.75. The number of rotatable bonds is 7. The summed E-state index contributed by atoms with van der Waals surface area (Å²) in [7, 11) is 1.66. The van der Waals surface area contributed by atoms with Gasteiger partial charge in [0.15, 0.2) is 11.5 Å². The Morgan fingerprint density at radius 1 is 1.17 bits per heavy atom. The van der Waals surface area contributed by atoms with Crippen molar-refractivity contribution in [2.45, 2.75) is 51.7 Å². The summed E-state index contributed by atoms with van der Waals surface area (Å²) in [6.07, 6.45) is 5.35. The first-order valence-corrected chi connectivity index (χ1v) is 11.0. The van der Waals surface area contributed by atoms with Crippen molar-refractivity contribution in [2.75, 3.05) is 7.11 Å². The van der Waals surface area contributed by atoms with Crippen molar-refractivity contribution in [3.63, 3.8) is 0 Å². The van der Waals surface area contributed by atoms with Gasteiger partial charge in [-0.2, -0.15) is 0 Å². The molecule has 0 bridgehead atoms. The Bertz CT molecular complexity index is 847. The van der Waals surface area contributed by atoms with Gasteiger partial charge in [0.2, 0.25) is 0 Å². The number of methoxy groups -OCH3 is 1. The molecule has 156 valence electrons. The average Bonchev–Trinajstić information content (AvgIpc) is 2.71. The minimum Gasteiger partial charge on any atom is -0.492 e. The van der Waals surface area contributed by atoms with E-state index in [2.05, 4.69) is 42.4 Å². The second-order valence-electron chi connectivity index (χ2n) is 8.64. The lowest BCUT2D eigenvalue weighted by Gasteiger charge is -2.48. The minimum absolute atomic E-state index is 0.0242. The van der Waals surface area contributed by atoms with Crippen molar-refractivity contribution >= 4 is 15.9 Å². The van der Waals surface area contributed by atoms with Gasteiger partial charge in [0, 0.05) is 5.92 Å². The summed E-state index contributed by atoms with van der Waals surface area (Å²) < 4.78 is 12.6. The summed E-state index contributed by atoms with van der Waals surface area (Å²) in [4.78, 5) is 0. The molecule has 2 atom stereocenters. The van der Waals surface area contributed by atoms with Crippen molar-refractivity contribution in [1.82, 2.24) is 0 Å². The maximum atomic E-state index is 11.2. The van der Waals surface area contributed by atoms with Gasteiger partial charge in [-0.1, -0.05) is 56.3 Å². The van der Waals surface area contributed by atoms with Crippen LogP contribution in [0.3, 0.4) is 0 Å². The predicted octanol–water partition coefficient (Wildman–Crippen LogP) is 6.32. The zero-order valence-electron chi connectivity index (χ0n) is 17.6. The van der Waals surface area contributed by atoms with Gasteiger partial charge in [-0.3, -0.25) is 0 Å². The summed E-state index contributed by atoms with van der Waals surface area (Å²) >= 11 is 3.73. The topological polar surface area (TPSA) is 38.7 Å². The Labute approximate surface area is 182 Å². The van der Waals surface area contributed by atoms with Gasteiger partial charge < -0.3 is 14.6 Å². The molecule has 0 heterocycles. The summed E-state index contributed by atoms with van der Waals surface area (Å²) in [5, 5.41) is 11.2. The van der Waals surface area contributed by atoms with Gasteiger partial charge in [0.05, 0.1) is 17.2 Å². The van der Waals surface area contributed by atoms with Crippen LogP contribution in [0.25, 0.3) is 0 Å². The van der Waals surface area contributed by atoms with Crippen molar-refractivity contribution < 1.29 is 14.6 Å². The molecule has 1 N–H and O–H groups in total. The molecule has 0 aromatic heterocycles. The molecule has 2 aromatic rings. The molecule has 1 saturated carbocycles. The molecule has 0 radical (unpaired) electrons. The van der Waals surface area contributed by atoms with Crippen molar-refractivity contribution in [3.8, 4) is 11.5 Å². The largest absolute Gasteiger partial charge is 0.492 e. The second-order valence-corrected chi connectivity index (χ2v) is 9.43. The molecule has 29 heavy (non-hydrogen) atoms. The number of benzene rings is 2. The van der Waals surface area contributed by atoms with Gasteiger partial charge >= 0.3 is 0 Å². The number of aliphatic hydroxyl groups is 1. The molecule has 0 amide bonds. The third-order valence-electron chi connectivity index (χ3n) is 6.30. The highest BCUT2D eigenvalue weighted by atomic mass is 79.9. The minimum atomic E-state index is -0.850. The van der Waals surface area contributed by atoms with Crippen LogP contribution in [0.2, 0.25) is 0 Å². The Hall–Kier alpha value is -1.78. The predicted molar refractivity (Wildman–Crippen MR) is 121 cm³/mol. The molecular formula is C25H31BrO3. The average molecular weight is 459 g/mol. The zero-order valence-corrected chi connectivity index (χ0v) is 19.2. The lowest BCUT2D eigenvalue weighted by atomic mass is 9.59. The first kappa shape index (κ1) is 21.9. The third kappa shape index (κ3) is 4.70. The first-order chi connectivity index (χ1) is 13.8. The van der Waals surface area contributed by atoms with Crippen LogP contribution in [-0.4, -0.2) is 17.8 Å². The highest BCUT2D eigenvalue weighted by Crippen LogP contribution is 2.50. The SMILES string of the molecule is C=C[C@@]1(O)CCCC(C)(C)[C@@H]1Cc1ccc(OCc2ccccc2)c(OC)c1Br. The Balaban J connectivity index is 1.85. The molecule has 0 saturated heterocycles. The van der Waals surface area contributed by atoms with Crippen LogP contribution in [0.15, 0.2) is 59.6 Å².